The second-order valence-electron chi connectivity index (χ2n) is 9.73. The van der Waals surface area contributed by atoms with Gasteiger partial charge in [0.1, 0.15) is 17.8 Å². The summed E-state index contributed by atoms with van der Waals surface area (Å²) in [5, 5.41) is 14.3. The molecular formula is C26H29N9O. The van der Waals surface area contributed by atoms with Crippen LogP contribution in [0.1, 0.15) is 43.1 Å². The minimum atomic E-state index is -0.278. The Hall–Kier alpha value is -4.05. The van der Waals surface area contributed by atoms with Gasteiger partial charge in [-0.3, -0.25) is 9.89 Å². The van der Waals surface area contributed by atoms with Crippen LogP contribution in [0.3, 0.4) is 0 Å². The number of likely N-dealkylation sites (tertiary alicyclic amines) is 1. The number of aryl methyl sites for hydroxylation is 1. The molecule has 10 nitrogen and oxygen atoms in total. The first-order valence-corrected chi connectivity index (χ1v) is 12.2. The Morgan fingerprint density at radius 1 is 1.17 bits per heavy atom. The summed E-state index contributed by atoms with van der Waals surface area (Å²) in [6.07, 6.45) is 6.77. The number of hydrogen-bond acceptors (Lipinski definition) is 7. The van der Waals surface area contributed by atoms with Crippen LogP contribution in [0.25, 0.3) is 33.1 Å². The number of nitrogens with one attached hydrogen (secondary N) is 1. The van der Waals surface area contributed by atoms with E-state index in [2.05, 4.69) is 45.1 Å². The van der Waals surface area contributed by atoms with Crippen LogP contribution in [0, 0.1) is 6.92 Å². The molecule has 0 amide bonds. The van der Waals surface area contributed by atoms with E-state index in [1.807, 2.05) is 34.4 Å². The largest absolute Gasteiger partial charge is 0.383 e. The zero-order chi connectivity index (χ0) is 25.0. The fraction of sp³-hybridized carbons (Fsp3) is 0.346. The number of nitrogens with two attached hydrogens (primary N) is 1. The molecule has 1 saturated heterocycles. The van der Waals surface area contributed by atoms with Crippen LogP contribution in [0.4, 0.5) is 5.82 Å². The lowest BCUT2D eigenvalue weighted by atomic mass is 10.00. The number of pyridine rings is 1. The van der Waals surface area contributed by atoms with Gasteiger partial charge in [-0.2, -0.15) is 10.2 Å². The molecule has 0 radical (unpaired) electrons. The number of anilines is 1. The first-order chi connectivity index (χ1) is 17.4. The van der Waals surface area contributed by atoms with Gasteiger partial charge in [0.05, 0.1) is 23.0 Å². The van der Waals surface area contributed by atoms with Gasteiger partial charge in [0.15, 0.2) is 5.65 Å². The topological polar surface area (TPSA) is 124 Å². The van der Waals surface area contributed by atoms with Crippen LogP contribution >= 0.6 is 0 Å². The summed E-state index contributed by atoms with van der Waals surface area (Å²) < 4.78 is 3.88. The van der Waals surface area contributed by atoms with Crippen molar-refractivity contribution in [3.8, 4) is 11.3 Å². The van der Waals surface area contributed by atoms with Crippen molar-refractivity contribution in [1.82, 2.24) is 39.4 Å². The Labute approximate surface area is 207 Å². The Bertz CT molecular complexity index is 1630. The normalized spacial score (nSPS) is 16.2. The molecular weight excluding hydrogens is 454 g/mol. The number of nitrogens with zero attached hydrogens (tertiary/aromatic N) is 7. The molecule has 6 rings (SSSR count). The summed E-state index contributed by atoms with van der Waals surface area (Å²) in [6, 6.07) is 7.99. The van der Waals surface area contributed by atoms with Crippen LogP contribution in [0.5, 0.6) is 0 Å². The molecule has 5 heterocycles. The third kappa shape index (κ3) is 3.48. The highest BCUT2D eigenvalue weighted by Gasteiger charge is 2.28. The van der Waals surface area contributed by atoms with Gasteiger partial charge in [0, 0.05) is 23.5 Å². The first-order valence-electron chi connectivity index (χ1n) is 12.2. The number of benzene rings is 1. The van der Waals surface area contributed by atoms with Crippen molar-refractivity contribution in [2.45, 2.75) is 38.8 Å². The maximum atomic E-state index is 14.1. The number of aromatic nitrogens is 7. The lowest BCUT2D eigenvalue weighted by Crippen LogP contribution is -2.37. The molecule has 0 aliphatic carbocycles. The van der Waals surface area contributed by atoms with Crippen molar-refractivity contribution in [2.24, 2.45) is 0 Å². The van der Waals surface area contributed by atoms with Crippen LogP contribution in [-0.4, -0.2) is 59.5 Å². The van der Waals surface area contributed by atoms with Gasteiger partial charge in [-0.25, -0.2) is 14.6 Å². The first kappa shape index (κ1) is 22.4. The molecule has 4 aromatic heterocycles. The van der Waals surface area contributed by atoms with Crippen molar-refractivity contribution in [2.75, 3.05) is 25.9 Å². The number of piperidine rings is 1. The molecule has 10 heteroatoms. The molecule has 1 aromatic carbocycles. The fourth-order valence-corrected chi connectivity index (χ4v) is 5.49. The van der Waals surface area contributed by atoms with Crippen molar-refractivity contribution in [1.29, 1.82) is 0 Å². The second kappa shape index (κ2) is 8.56. The molecule has 1 aliphatic rings. The monoisotopic (exact) mass is 483 g/mol. The van der Waals surface area contributed by atoms with Crippen molar-refractivity contribution >= 4 is 27.6 Å². The predicted octanol–water partition coefficient (Wildman–Crippen LogP) is 3.30. The predicted molar refractivity (Wildman–Crippen MR) is 140 cm³/mol. The van der Waals surface area contributed by atoms with Gasteiger partial charge in [-0.1, -0.05) is 18.2 Å². The van der Waals surface area contributed by atoms with E-state index in [9.17, 15) is 4.79 Å². The van der Waals surface area contributed by atoms with Crippen molar-refractivity contribution in [3.63, 3.8) is 0 Å². The number of nitrogen functional groups attached to an aromatic ring is 1. The fourth-order valence-electron chi connectivity index (χ4n) is 5.49. The van der Waals surface area contributed by atoms with E-state index in [4.69, 9.17) is 10.8 Å². The van der Waals surface area contributed by atoms with Crippen LogP contribution < -0.4 is 11.3 Å². The molecule has 36 heavy (non-hydrogen) atoms. The molecule has 3 N–H and O–H groups in total. The maximum Gasteiger partial charge on any atom is 0.259 e. The van der Waals surface area contributed by atoms with Gasteiger partial charge >= 0.3 is 0 Å². The highest BCUT2D eigenvalue weighted by Crippen LogP contribution is 2.34. The zero-order valence-electron chi connectivity index (χ0n) is 20.6. The van der Waals surface area contributed by atoms with E-state index >= 15 is 0 Å². The Balaban J connectivity index is 1.60. The van der Waals surface area contributed by atoms with Crippen molar-refractivity contribution < 1.29 is 0 Å². The number of aromatic amines is 1. The molecule has 1 atom stereocenters. The lowest BCUT2D eigenvalue weighted by molar-refractivity contribution is 0.215. The van der Waals surface area contributed by atoms with Gasteiger partial charge in [-0.15, -0.1) is 0 Å². The van der Waals surface area contributed by atoms with Crippen LogP contribution in [0.2, 0.25) is 0 Å². The minimum Gasteiger partial charge on any atom is -0.383 e. The summed E-state index contributed by atoms with van der Waals surface area (Å²) in [7, 11) is 2.13. The zero-order valence-corrected chi connectivity index (χ0v) is 20.6. The third-order valence-corrected chi connectivity index (χ3v) is 7.46. The van der Waals surface area contributed by atoms with E-state index in [0.29, 0.717) is 22.5 Å². The number of fused-ring (bicyclic) bond motifs is 2. The van der Waals surface area contributed by atoms with E-state index in [0.717, 1.165) is 53.5 Å². The van der Waals surface area contributed by atoms with E-state index < -0.39 is 0 Å². The van der Waals surface area contributed by atoms with E-state index in [-0.39, 0.29) is 17.6 Å². The molecule has 5 aromatic rings. The summed E-state index contributed by atoms with van der Waals surface area (Å²) in [5.41, 5.74) is 10.3. The van der Waals surface area contributed by atoms with Gasteiger partial charge in [0.2, 0.25) is 0 Å². The molecule has 1 unspecified atom stereocenters. The summed E-state index contributed by atoms with van der Waals surface area (Å²) >= 11 is 0. The smallest absolute Gasteiger partial charge is 0.259 e. The average molecular weight is 484 g/mol. The molecule has 0 bridgehead atoms. The number of H-pyrrole nitrogens is 1. The second-order valence-corrected chi connectivity index (χ2v) is 9.73. The van der Waals surface area contributed by atoms with Gasteiger partial charge < -0.3 is 15.2 Å². The molecule has 1 fully saturated rings. The summed E-state index contributed by atoms with van der Waals surface area (Å²) in [6.45, 7) is 5.97. The Morgan fingerprint density at radius 3 is 2.72 bits per heavy atom. The molecule has 0 spiro atoms. The molecule has 0 saturated carbocycles. The highest BCUT2D eigenvalue weighted by molar-refractivity contribution is 5.98. The molecule has 1 aliphatic heterocycles. The lowest BCUT2D eigenvalue weighted by Gasteiger charge is -2.33. The maximum absolute atomic E-state index is 14.1. The average Bonchev–Trinajstić information content (AvgIpc) is 3.53. The summed E-state index contributed by atoms with van der Waals surface area (Å²) in [4.78, 5) is 25.1. The molecule has 184 valence electrons. The van der Waals surface area contributed by atoms with Crippen molar-refractivity contribution in [3.05, 3.63) is 64.6 Å². The van der Waals surface area contributed by atoms with Gasteiger partial charge in [-0.05, 0) is 63.8 Å². The van der Waals surface area contributed by atoms with Crippen LogP contribution in [0.15, 0.2) is 47.8 Å². The minimum absolute atomic E-state index is 0.0580. The highest BCUT2D eigenvalue weighted by atomic mass is 16.1. The Morgan fingerprint density at radius 2 is 1.97 bits per heavy atom. The van der Waals surface area contributed by atoms with Crippen LogP contribution in [-0.2, 0) is 0 Å². The summed E-state index contributed by atoms with van der Waals surface area (Å²) in [5.74, 6) is 0.358. The number of hydrogen-bond donors (Lipinski definition) is 2. The van der Waals surface area contributed by atoms with E-state index in [1.54, 1.807) is 12.4 Å². The quantitative estimate of drug-likeness (QED) is 0.402. The number of rotatable bonds is 4. The van der Waals surface area contributed by atoms with E-state index in [1.165, 1.54) is 6.33 Å². The third-order valence-electron chi connectivity index (χ3n) is 7.46. The van der Waals surface area contributed by atoms with Gasteiger partial charge in [0.25, 0.3) is 5.56 Å². The Kier molecular flexibility index (Phi) is 5.33. The standard InChI is InChI=1S/C26H29N9O/c1-15-5-4-6-17-11-20(34(26(36)21(15)17)19-7-9-33(3)10-8-19)16(2)35-25-22(24(27)28-14-29-25)23(32-35)18-12-30-31-13-18/h4-6,11-14,16,19H,7-10H2,1-3H3,(H,30,31)(H2,27,28,29). The SMILES string of the molecule is Cc1cccc2cc(C(C)n3nc(-c4cn[nH]c4)c4c(N)ncnc43)n(C3CCN(C)CC3)c(=O)c12.